The van der Waals surface area contributed by atoms with Crippen LogP contribution >= 0.6 is 0 Å². The standard InChI is InChI=1S/C17H36N2/c1-5-7-8-9-10-11-13-19-15-17(3,4)18-14-16(19)12-6-2/h16,18H,5-15H2,1-4H3. The molecule has 1 rings (SSSR count). The lowest BCUT2D eigenvalue weighted by Crippen LogP contribution is -2.61. The molecule has 1 fully saturated rings. The minimum Gasteiger partial charge on any atom is -0.309 e. The molecule has 19 heavy (non-hydrogen) atoms. The van der Waals surface area contributed by atoms with Crippen molar-refractivity contribution >= 4 is 0 Å². The van der Waals surface area contributed by atoms with E-state index in [-0.39, 0.29) is 0 Å². The molecule has 0 aliphatic carbocycles. The molecule has 0 bridgehead atoms. The number of hydrogen-bond donors (Lipinski definition) is 1. The van der Waals surface area contributed by atoms with Crippen LogP contribution in [-0.2, 0) is 0 Å². The van der Waals surface area contributed by atoms with Gasteiger partial charge in [-0.2, -0.15) is 0 Å². The van der Waals surface area contributed by atoms with Gasteiger partial charge in [-0.05, 0) is 33.2 Å². The van der Waals surface area contributed by atoms with Crippen molar-refractivity contribution in [1.29, 1.82) is 0 Å². The second-order valence-corrected chi connectivity index (χ2v) is 6.95. The van der Waals surface area contributed by atoms with Crippen molar-refractivity contribution in [3.8, 4) is 0 Å². The van der Waals surface area contributed by atoms with Gasteiger partial charge in [0.05, 0.1) is 0 Å². The summed E-state index contributed by atoms with van der Waals surface area (Å²) in [6.07, 6.45) is 11.1. The summed E-state index contributed by atoms with van der Waals surface area (Å²) in [5, 5.41) is 3.70. The second kappa shape index (κ2) is 8.97. The number of piperazine rings is 1. The largest absolute Gasteiger partial charge is 0.309 e. The Bertz CT molecular complexity index is 225. The monoisotopic (exact) mass is 268 g/mol. The molecule has 0 aromatic heterocycles. The fourth-order valence-corrected chi connectivity index (χ4v) is 3.19. The van der Waals surface area contributed by atoms with Crippen LogP contribution in [0.3, 0.4) is 0 Å². The van der Waals surface area contributed by atoms with Gasteiger partial charge in [0.1, 0.15) is 0 Å². The van der Waals surface area contributed by atoms with E-state index in [1.807, 2.05) is 0 Å². The van der Waals surface area contributed by atoms with Gasteiger partial charge in [-0.3, -0.25) is 4.90 Å². The van der Waals surface area contributed by atoms with Gasteiger partial charge in [0.15, 0.2) is 0 Å². The zero-order valence-corrected chi connectivity index (χ0v) is 13.8. The number of hydrogen-bond acceptors (Lipinski definition) is 2. The highest BCUT2D eigenvalue weighted by atomic mass is 15.2. The normalized spacial score (nSPS) is 23.7. The topological polar surface area (TPSA) is 15.3 Å². The average molecular weight is 268 g/mol. The van der Waals surface area contributed by atoms with Gasteiger partial charge in [-0.1, -0.05) is 52.4 Å². The van der Waals surface area contributed by atoms with E-state index in [4.69, 9.17) is 0 Å². The first-order valence-electron chi connectivity index (χ1n) is 8.58. The van der Waals surface area contributed by atoms with Gasteiger partial charge in [-0.15, -0.1) is 0 Å². The van der Waals surface area contributed by atoms with Crippen molar-refractivity contribution < 1.29 is 0 Å². The Kier molecular flexibility index (Phi) is 8.01. The SMILES string of the molecule is CCCCCCCCN1CC(C)(C)NCC1CCC. The van der Waals surface area contributed by atoms with Crippen LogP contribution in [0.5, 0.6) is 0 Å². The molecule has 1 unspecified atom stereocenters. The van der Waals surface area contributed by atoms with Crippen molar-refractivity contribution in [3.63, 3.8) is 0 Å². The number of rotatable bonds is 9. The smallest absolute Gasteiger partial charge is 0.0252 e. The molecular formula is C17H36N2. The zero-order valence-electron chi connectivity index (χ0n) is 13.8. The van der Waals surface area contributed by atoms with Crippen LogP contribution in [0.15, 0.2) is 0 Å². The molecule has 1 N–H and O–H groups in total. The van der Waals surface area contributed by atoms with Gasteiger partial charge < -0.3 is 5.32 Å². The van der Waals surface area contributed by atoms with E-state index in [0.29, 0.717) is 5.54 Å². The molecule has 2 heteroatoms. The van der Waals surface area contributed by atoms with Crippen molar-refractivity contribution in [3.05, 3.63) is 0 Å². The third-order valence-electron chi connectivity index (χ3n) is 4.35. The first-order valence-corrected chi connectivity index (χ1v) is 8.58. The predicted molar refractivity (Wildman–Crippen MR) is 85.7 cm³/mol. The molecule has 0 aromatic rings. The summed E-state index contributed by atoms with van der Waals surface area (Å²) in [6, 6.07) is 0.772. The highest BCUT2D eigenvalue weighted by Gasteiger charge is 2.31. The minimum absolute atomic E-state index is 0.298. The van der Waals surface area contributed by atoms with E-state index in [2.05, 4.69) is 37.9 Å². The van der Waals surface area contributed by atoms with E-state index in [1.165, 1.54) is 71.0 Å². The molecular weight excluding hydrogens is 232 g/mol. The van der Waals surface area contributed by atoms with Crippen LogP contribution in [0.2, 0.25) is 0 Å². The quantitative estimate of drug-likeness (QED) is 0.631. The Balaban J connectivity index is 2.25. The number of unbranched alkanes of at least 4 members (excludes halogenated alkanes) is 5. The van der Waals surface area contributed by atoms with Gasteiger partial charge in [0.2, 0.25) is 0 Å². The molecule has 1 aliphatic heterocycles. The maximum absolute atomic E-state index is 3.70. The summed E-state index contributed by atoms with van der Waals surface area (Å²) in [7, 11) is 0. The number of nitrogens with zero attached hydrogens (tertiary/aromatic N) is 1. The summed E-state index contributed by atoms with van der Waals surface area (Å²) < 4.78 is 0. The molecule has 0 radical (unpaired) electrons. The van der Waals surface area contributed by atoms with Gasteiger partial charge in [0.25, 0.3) is 0 Å². The molecule has 2 nitrogen and oxygen atoms in total. The molecule has 1 aliphatic rings. The third kappa shape index (κ3) is 6.76. The first kappa shape index (κ1) is 17.0. The molecule has 0 spiro atoms. The third-order valence-corrected chi connectivity index (χ3v) is 4.35. The maximum Gasteiger partial charge on any atom is 0.0252 e. The molecule has 1 heterocycles. The van der Waals surface area contributed by atoms with Gasteiger partial charge in [0, 0.05) is 24.7 Å². The van der Waals surface area contributed by atoms with Crippen LogP contribution < -0.4 is 5.32 Å². The Morgan fingerprint density at radius 1 is 1.00 bits per heavy atom. The van der Waals surface area contributed by atoms with Crippen molar-refractivity contribution in [2.75, 3.05) is 19.6 Å². The molecule has 114 valence electrons. The summed E-state index contributed by atoms with van der Waals surface area (Å²) in [4.78, 5) is 2.75. The van der Waals surface area contributed by atoms with Crippen molar-refractivity contribution in [2.45, 2.75) is 90.6 Å². The molecule has 1 atom stereocenters. The zero-order chi connectivity index (χ0) is 14.1. The fraction of sp³-hybridized carbons (Fsp3) is 1.00. The maximum atomic E-state index is 3.70. The van der Waals surface area contributed by atoms with E-state index >= 15 is 0 Å². The highest BCUT2D eigenvalue weighted by Crippen LogP contribution is 2.19. The lowest BCUT2D eigenvalue weighted by Gasteiger charge is -2.45. The molecule has 1 saturated heterocycles. The van der Waals surface area contributed by atoms with E-state index in [9.17, 15) is 0 Å². The van der Waals surface area contributed by atoms with Gasteiger partial charge in [-0.25, -0.2) is 0 Å². The lowest BCUT2D eigenvalue weighted by molar-refractivity contribution is 0.0876. The van der Waals surface area contributed by atoms with E-state index in [0.717, 1.165) is 6.04 Å². The average Bonchev–Trinajstić information content (AvgIpc) is 2.36. The van der Waals surface area contributed by atoms with Crippen LogP contribution in [0.1, 0.15) is 79.1 Å². The van der Waals surface area contributed by atoms with Crippen LogP contribution in [-0.4, -0.2) is 36.1 Å². The molecule has 0 saturated carbocycles. The fourth-order valence-electron chi connectivity index (χ4n) is 3.19. The summed E-state index contributed by atoms with van der Waals surface area (Å²) in [5.74, 6) is 0. The van der Waals surface area contributed by atoms with Crippen molar-refractivity contribution in [1.82, 2.24) is 10.2 Å². The summed E-state index contributed by atoms with van der Waals surface area (Å²) in [6.45, 7) is 13.0. The Morgan fingerprint density at radius 3 is 2.37 bits per heavy atom. The summed E-state index contributed by atoms with van der Waals surface area (Å²) in [5.41, 5.74) is 0.298. The van der Waals surface area contributed by atoms with Gasteiger partial charge >= 0.3 is 0 Å². The van der Waals surface area contributed by atoms with E-state index in [1.54, 1.807) is 0 Å². The predicted octanol–water partition coefficient (Wildman–Crippen LogP) is 4.20. The van der Waals surface area contributed by atoms with Crippen LogP contribution in [0.25, 0.3) is 0 Å². The molecule has 0 aromatic carbocycles. The highest BCUT2D eigenvalue weighted by molar-refractivity contribution is 4.91. The van der Waals surface area contributed by atoms with E-state index < -0.39 is 0 Å². The Labute approximate surface area is 121 Å². The Morgan fingerprint density at radius 2 is 1.68 bits per heavy atom. The first-order chi connectivity index (χ1) is 9.09. The van der Waals surface area contributed by atoms with Crippen LogP contribution in [0.4, 0.5) is 0 Å². The number of nitrogens with one attached hydrogen (secondary N) is 1. The lowest BCUT2D eigenvalue weighted by atomic mass is 9.96. The Hall–Kier alpha value is -0.0800. The van der Waals surface area contributed by atoms with Crippen LogP contribution in [0, 0.1) is 0 Å². The van der Waals surface area contributed by atoms with Crippen molar-refractivity contribution in [2.24, 2.45) is 0 Å². The molecule has 0 amide bonds. The summed E-state index contributed by atoms with van der Waals surface area (Å²) >= 11 is 0. The minimum atomic E-state index is 0.298. The second-order valence-electron chi connectivity index (χ2n) is 6.95.